The Kier molecular flexibility index (Phi) is 2.85. The zero-order valence-corrected chi connectivity index (χ0v) is 10.4. The molecule has 17 heavy (non-hydrogen) atoms. The first-order valence-corrected chi connectivity index (χ1v) is 6.80. The average molecular weight is 246 g/mol. The number of aryl methyl sites for hydroxylation is 2. The molecule has 0 bridgehead atoms. The second-order valence-electron chi connectivity index (χ2n) is 4.50. The number of carbonyl (C=O) groups excluding carboxylic acids is 1. The predicted octanol–water partition coefficient (Wildman–Crippen LogP) is 3.65. The summed E-state index contributed by atoms with van der Waals surface area (Å²) >= 11 is 1.69. The molecule has 0 aliphatic heterocycles. The van der Waals surface area contributed by atoms with Gasteiger partial charge in [-0.05, 0) is 48.9 Å². The molecule has 0 fully saturated rings. The van der Waals surface area contributed by atoms with Crippen molar-refractivity contribution in [3.8, 4) is 0 Å². The van der Waals surface area contributed by atoms with Gasteiger partial charge in [0.2, 0.25) is 0 Å². The van der Waals surface area contributed by atoms with Gasteiger partial charge in [0.25, 0.3) is 0 Å². The summed E-state index contributed by atoms with van der Waals surface area (Å²) in [5.41, 5.74) is 2.36. The lowest BCUT2D eigenvalue weighted by Gasteiger charge is -2.08. The van der Waals surface area contributed by atoms with Crippen LogP contribution in [0.2, 0.25) is 0 Å². The van der Waals surface area contributed by atoms with E-state index in [1.165, 1.54) is 23.3 Å². The largest absolute Gasteiger partial charge is 0.472 e. The summed E-state index contributed by atoms with van der Waals surface area (Å²) in [5.74, 6) is 0.214. The van der Waals surface area contributed by atoms with Crippen LogP contribution in [0.1, 0.15) is 38.5 Å². The molecule has 0 unspecified atom stereocenters. The maximum Gasteiger partial charge on any atom is 0.177 e. The van der Waals surface area contributed by atoms with Crippen LogP contribution in [0, 0.1) is 0 Å². The molecule has 1 aliphatic carbocycles. The Morgan fingerprint density at radius 3 is 3.00 bits per heavy atom. The molecule has 0 amide bonds. The van der Waals surface area contributed by atoms with Gasteiger partial charge in [-0.2, -0.15) is 0 Å². The van der Waals surface area contributed by atoms with Crippen molar-refractivity contribution in [2.24, 2.45) is 0 Å². The Hall–Kier alpha value is -1.35. The van der Waals surface area contributed by atoms with Crippen molar-refractivity contribution in [3.05, 3.63) is 45.5 Å². The minimum Gasteiger partial charge on any atom is -0.472 e. The van der Waals surface area contributed by atoms with E-state index in [4.69, 9.17) is 4.42 Å². The van der Waals surface area contributed by atoms with Gasteiger partial charge in [0.1, 0.15) is 0 Å². The van der Waals surface area contributed by atoms with Crippen LogP contribution in [0.15, 0.2) is 29.1 Å². The van der Waals surface area contributed by atoms with Gasteiger partial charge in [0.15, 0.2) is 5.78 Å². The number of Topliss-reactive ketones (excluding diaryl/α,β-unsaturated/α-hetero) is 1. The Morgan fingerprint density at radius 1 is 1.35 bits per heavy atom. The predicted molar refractivity (Wildman–Crippen MR) is 67.7 cm³/mol. The minimum atomic E-state index is 0.214. The van der Waals surface area contributed by atoms with Gasteiger partial charge in [0, 0.05) is 11.3 Å². The molecule has 0 atom stereocenters. The van der Waals surface area contributed by atoms with Crippen LogP contribution >= 0.6 is 11.3 Å². The first-order chi connectivity index (χ1) is 8.33. The number of thiophene rings is 1. The summed E-state index contributed by atoms with van der Waals surface area (Å²) in [7, 11) is 0. The zero-order valence-electron chi connectivity index (χ0n) is 9.57. The van der Waals surface area contributed by atoms with Gasteiger partial charge in [-0.3, -0.25) is 4.79 Å². The van der Waals surface area contributed by atoms with Crippen molar-refractivity contribution >= 4 is 17.1 Å². The molecule has 0 N–H and O–H groups in total. The lowest BCUT2D eigenvalue weighted by Crippen LogP contribution is -1.99. The van der Waals surface area contributed by atoms with E-state index in [0.717, 1.165) is 23.3 Å². The quantitative estimate of drug-likeness (QED) is 0.774. The van der Waals surface area contributed by atoms with Crippen LogP contribution in [0.5, 0.6) is 0 Å². The second-order valence-corrected chi connectivity index (χ2v) is 5.63. The monoisotopic (exact) mass is 246 g/mol. The molecule has 3 rings (SSSR count). The summed E-state index contributed by atoms with van der Waals surface area (Å²) < 4.78 is 4.98. The molecular weight excluding hydrogens is 232 g/mol. The van der Waals surface area contributed by atoms with Gasteiger partial charge < -0.3 is 4.42 Å². The average Bonchev–Trinajstić information content (AvgIpc) is 2.96. The first kappa shape index (κ1) is 10.8. The molecule has 0 radical (unpaired) electrons. The van der Waals surface area contributed by atoms with Gasteiger partial charge in [-0.25, -0.2) is 0 Å². The van der Waals surface area contributed by atoms with Crippen molar-refractivity contribution in [2.75, 3.05) is 0 Å². The Balaban J connectivity index is 1.79. The molecule has 0 aromatic carbocycles. The second kappa shape index (κ2) is 4.49. The third-order valence-electron chi connectivity index (χ3n) is 3.22. The van der Waals surface area contributed by atoms with E-state index in [1.807, 2.05) is 6.07 Å². The fourth-order valence-electron chi connectivity index (χ4n) is 2.29. The van der Waals surface area contributed by atoms with Crippen molar-refractivity contribution in [1.82, 2.24) is 0 Å². The van der Waals surface area contributed by atoms with E-state index in [9.17, 15) is 4.79 Å². The molecule has 0 saturated heterocycles. The maximum absolute atomic E-state index is 12.1. The van der Waals surface area contributed by atoms with E-state index in [0.29, 0.717) is 6.42 Å². The third kappa shape index (κ3) is 2.20. The molecule has 3 heteroatoms. The standard InChI is InChI=1S/C14H14O2S/c15-12(7-10-5-6-16-9-10)14-8-11-3-1-2-4-13(11)17-14/h5-6,8-9H,1-4,7H2. The topological polar surface area (TPSA) is 30.2 Å². The highest BCUT2D eigenvalue weighted by molar-refractivity contribution is 7.14. The molecule has 88 valence electrons. The molecule has 2 nitrogen and oxygen atoms in total. The van der Waals surface area contributed by atoms with E-state index < -0.39 is 0 Å². The Bertz CT molecular complexity index is 499. The van der Waals surface area contributed by atoms with E-state index in [2.05, 4.69) is 6.07 Å². The van der Waals surface area contributed by atoms with Crippen LogP contribution in [0.4, 0.5) is 0 Å². The summed E-state index contributed by atoms with van der Waals surface area (Å²) in [4.78, 5) is 14.4. The summed E-state index contributed by atoms with van der Waals surface area (Å²) in [6, 6.07) is 3.95. The van der Waals surface area contributed by atoms with Crippen LogP contribution in [0.25, 0.3) is 0 Å². The lowest BCUT2D eigenvalue weighted by molar-refractivity contribution is 0.0996. The number of hydrogen-bond donors (Lipinski definition) is 0. The number of hydrogen-bond acceptors (Lipinski definition) is 3. The number of fused-ring (bicyclic) bond motifs is 1. The highest BCUT2D eigenvalue weighted by Gasteiger charge is 2.17. The van der Waals surface area contributed by atoms with Crippen LogP contribution in [-0.4, -0.2) is 5.78 Å². The fraction of sp³-hybridized carbons (Fsp3) is 0.357. The third-order valence-corrected chi connectivity index (χ3v) is 4.49. The van der Waals surface area contributed by atoms with Gasteiger partial charge >= 0.3 is 0 Å². The number of carbonyl (C=O) groups is 1. The van der Waals surface area contributed by atoms with Crippen molar-refractivity contribution in [2.45, 2.75) is 32.1 Å². The van der Waals surface area contributed by atoms with Crippen LogP contribution in [0.3, 0.4) is 0 Å². The molecule has 2 aromatic heterocycles. The molecule has 2 heterocycles. The molecule has 0 saturated carbocycles. The first-order valence-electron chi connectivity index (χ1n) is 5.99. The summed E-state index contributed by atoms with van der Waals surface area (Å²) in [6.45, 7) is 0. The van der Waals surface area contributed by atoms with E-state index >= 15 is 0 Å². The Morgan fingerprint density at radius 2 is 2.24 bits per heavy atom. The van der Waals surface area contributed by atoms with E-state index in [-0.39, 0.29) is 5.78 Å². The summed E-state index contributed by atoms with van der Waals surface area (Å²) in [6.07, 6.45) is 8.54. The van der Waals surface area contributed by atoms with Crippen LogP contribution in [-0.2, 0) is 19.3 Å². The highest BCUT2D eigenvalue weighted by atomic mass is 32.1. The Labute approximate surface area is 104 Å². The molecule has 0 spiro atoms. The van der Waals surface area contributed by atoms with Crippen molar-refractivity contribution < 1.29 is 9.21 Å². The number of ketones is 1. The van der Waals surface area contributed by atoms with Crippen molar-refractivity contribution in [1.29, 1.82) is 0 Å². The number of rotatable bonds is 3. The van der Waals surface area contributed by atoms with Gasteiger partial charge in [-0.15, -0.1) is 11.3 Å². The summed E-state index contributed by atoms with van der Waals surface area (Å²) in [5, 5.41) is 0. The van der Waals surface area contributed by atoms with E-state index in [1.54, 1.807) is 23.9 Å². The smallest absolute Gasteiger partial charge is 0.177 e. The zero-order chi connectivity index (χ0) is 11.7. The molecular formula is C14H14O2S. The van der Waals surface area contributed by atoms with Gasteiger partial charge in [0.05, 0.1) is 17.4 Å². The number of furan rings is 1. The molecule has 2 aromatic rings. The molecule has 1 aliphatic rings. The highest BCUT2D eigenvalue weighted by Crippen LogP contribution is 2.30. The fourth-order valence-corrected chi connectivity index (χ4v) is 3.48. The maximum atomic E-state index is 12.1. The van der Waals surface area contributed by atoms with Crippen LogP contribution < -0.4 is 0 Å². The normalized spacial score (nSPS) is 14.6. The minimum absolute atomic E-state index is 0.214. The van der Waals surface area contributed by atoms with Gasteiger partial charge in [-0.1, -0.05) is 0 Å². The SMILES string of the molecule is O=C(Cc1ccoc1)c1cc2c(s1)CCCC2. The van der Waals surface area contributed by atoms with Crippen molar-refractivity contribution in [3.63, 3.8) is 0 Å². The lowest BCUT2D eigenvalue weighted by atomic mass is 9.99.